The van der Waals surface area contributed by atoms with Crippen molar-refractivity contribution >= 4 is 21.4 Å². The molecule has 0 N–H and O–H groups in total. The molecular formula is C18H20ClN5O3S. The van der Waals surface area contributed by atoms with Crippen molar-refractivity contribution in [3.63, 3.8) is 0 Å². The molecule has 0 saturated carbocycles. The second kappa shape index (κ2) is 8.26. The van der Waals surface area contributed by atoms with E-state index in [0.29, 0.717) is 29.6 Å². The molecule has 0 saturated heterocycles. The average molecular weight is 422 g/mol. The van der Waals surface area contributed by atoms with Gasteiger partial charge in [-0.25, -0.2) is 8.42 Å². The molecule has 0 radical (unpaired) electrons. The first kappa shape index (κ1) is 20.2. The lowest BCUT2D eigenvalue weighted by atomic mass is 10.2. The molecule has 0 bridgehead atoms. The summed E-state index contributed by atoms with van der Waals surface area (Å²) in [4.78, 5) is 2.28. The van der Waals surface area contributed by atoms with Gasteiger partial charge in [0.2, 0.25) is 0 Å². The summed E-state index contributed by atoms with van der Waals surface area (Å²) < 4.78 is 30.2. The van der Waals surface area contributed by atoms with E-state index in [-0.39, 0.29) is 4.90 Å². The highest BCUT2D eigenvalue weighted by Crippen LogP contribution is 2.24. The Hall–Kier alpha value is -2.49. The third-order valence-corrected chi connectivity index (χ3v) is 5.50. The van der Waals surface area contributed by atoms with Crippen LogP contribution in [0.3, 0.4) is 0 Å². The van der Waals surface area contributed by atoms with Gasteiger partial charge in [-0.05, 0) is 59.9 Å². The van der Waals surface area contributed by atoms with E-state index in [1.165, 1.54) is 18.4 Å². The van der Waals surface area contributed by atoms with E-state index in [2.05, 4.69) is 15.5 Å². The molecule has 148 valence electrons. The lowest BCUT2D eigenvalue weighted by Gasteiger charge is -2.18. The number of methoxy groups -OCH3 is 1. The Morgan fingerprint density at radius 1 is 1.14 bits per heavy atom. The van der Waals surface area contributed by atoms with Crippen LogP contribution in [0, 0.1) is 0 Å². The van der Waals surface area contributed by atoms with Crippen LogP contribution in [0.1, 0.15) is 11.4 Å². The van der Waals surface area contributed by atoms with Gasteiger partial charge in [-0.1, -0.05) is 11.6 Å². The topological polar surface area (TPSA) is 90.2 Å². The van der Waals surface area contributed by atoms with Crippen LogP contribution in [0.5, 0.6) is 5.75 Å². The lowest BCUT2D eigenvalue weighted by Crippen LogP contribution is -2.20. The fourth-order valence-corrected chi connectivity index (χ4v) is 3.62. The zero-order valence-electron chi connectivity index (χ0n) is 15.7. The fraction of sp³-hybridized carbons (Fsp3) is 0.278. The normalized spacial score (nSPS) is 11.8. The summed E-state index contributed by atoms with van der Waals surface area (Å²) in [5.74, 6) is 1.38. The predicted octanol–water partition coefficient (Wildman–Crippen LogP) is 2.36. The molecule has 3 rings (SSSR count). The largest absolute Gasteiger partial charge is 0.496 e. The maximum absolute atomic E-state index is 11.6. The number of hydrogen-bond donors (Lipinski definition) is 0. The molecule has 0 spiro atoms. The van der Waals surface area contributed by atoms with E-state index in [0.717, 1.165) is 11.3 Å². The highest BCUT2D eigenvalue weighted by atomic mass is 35.5. The number of nitrogens with zero attached hydrogens (tertiary/aromatic N) is 5. The maximum Gasteiger partial charge on any atom is 0.175 e. The molecule has 1 aromatic heterocycles. The first-order valence-corrected chi connectivity index (χ1v) is 10.6. The van der Waals surface area contributed by atoms with Crippen LogP contribution in [0.25, 0.3) is 5.69 Å². The number of benzene rings is 2. The SMILES string of the molecule is COc1ccc(Cl)cc1CN(C)Cc1nnnn1-c1ccc(S(C)(=O)=O)cc1. The molecule has 1 heterocycles. The van der Waals surface area contributed by atoms with Gasteiger partial charge in [0.15, 0.2) is 15.7 Å². The van der Waals surface area contributed by atoms with Gasteiger partial charge >= 0.3 is 0 Å². The molecule has 0 aliphatic heterocycles. The summed E-state index contributed by atoms with van der Waals surface area (Å²) in [7, 11) is 0.301. The van der Waals surface area contributed by atoms with Gasteiger partial charge in [-0.15, -0.1) is 5.10 Å². The molecule has 0 unspecified atom stereocenters. The number of halogens is 1. The second-order valence-corrected chi connectivity index (χ2v) is 8.85. The van der Waals surface area contributed by atoms with E-state index in [4.69, 9.17) is 16.3 Å². The van der Waals surface area contributed by atoms with Crippen LogP contribution in [-0.2, 0) is 22.9 Å². The summed E-state index contributed by atoms with van der Waals surface area (Å²) in [6.45, 7) is 1.06. The summed E-state index contributed by atoms with van der Waals surface area (Å²) in [6, 6.07) is 11.9. The first-order chi connectivity index (χ1) is 13.3. The van der Waals surface area contributed by atoms with Crippen molar-refractivity contribution in [3.05, 3.63) is 58.9 Å². The monoisotopic (exact) mass is 421 g/mol. The van der Waals surface area contributed by atoms with E-state index in [9.17, 15) is 8.42 Å². The zero-order valence-corrected chi connectivity index (χ0v) is 17.3. The summed E-state index contributed by atoms with van der Waals surface area (Å²) >= 11 is 6.10. The number of tetrazole rings is 1. The van der Waals surface area contributed by atoms with E-state index in [1.54, 1.807) is 30.0 Å². The Balaban J connectivity index is 1.78. The van der Waals surface area contributed by atoms with Crippen molar-refractivity contribution in [2.45, 2.75) is 18.0 Å². The van der Waals surface area contributed by atoms with Crippen LogP contribution in [-0.4, -0.2) is 53.9 Å². The molecule has 2 aromatic carbocycles. The van der Waals surface area contributed by atoms with Crippen LogP contribution in [0.2, 0.25) is 5.02 Å². The van der Waals surface area contributed by atoms with Gasteiger partial charge in [0.1, 0.15) is 5.75 Å². The smallest absolute Gasteiger partial charge is 0.175 e. The average Bonchev–Trinajstić information content (AvgIpc) is 3.09. The molecule has 0 aliphatic carbocycles. The Bertz CT molecular complexity index is 1070. The van der Waals surface area contributed by atoms with Gasteiger partial charge in [-0.2, -0.15) is 4.68 Å². The number of hydrogen-bond acceptors (Lipinski definition) is 7. The van der Waals surface area contributed by atoms with Crippen molar-refractivity contribution in [2.75, 3.05) is 20.4 Å². The van der Waals surface area contributed by atoms with Gasteiger partial charge in [-0.3, -0.25) is 4.90 Å². The summed E-state index contributed by atoms with van der Waals surface area (Å²) in [6.07, 6.45) is 1.17. The standard InChI is InChI=1S/C18H20ClN5O3S/c1-23(11-13-10-14(19)4-9-17(13)27-2)12-18-20-21-22-24(18)15-5-7-16(8-6-15)28(3,25)26/h4-10H,11-12H2,1-3H3. The van der Waals surface area contributed by atoms with E-state index in [1.807, 2.05) is 24.1 Å². The van der Waals surface area contributed by atoms with E-state index >= 15 is 0 Å². The number of ether oxygens (including phenoxy) is 1. The van der Waals surface area contributed by atoms with Crippen molar-refractivity contribution in [1.82, 2.24) is 25.1 Å². The second-order valence-electron chi connectivity index (χ2n) is 6.40. The minimum Gasteiger partial charge on any atom is -0.496 e. The van der Waals surface area contributed by atoms with Crippen molar-refractivity contribution in [1.29, 1.82) is 0 Å². The molecule has 0 atom stereocenters. The number of sulfone groups is 1. The summed E-state index contributed by atoms with van der Waals surface area (Å²) in [5, 5.41) is 12.5. The van der Waals surface area contributed by atoms with Crippen LogP contribution in [0.15, 0.2) is 47.4 Å². The van der Waals surface area contributed by atoms with Crippen molar-refractivity contribution < 1.29 is 13.2 Å². The minimum atomic E-state index is -3.25. The molecule has 3 aromatic rings. The van der Waals surface area contributed by atoms with Crippen molar-refractivity contribution in [2.24, 2.45) is 0 Å². The molecule has 28 heavy (non-hydrogen) atoms. The highest BCUT2D eigenvalue weighted by molar-refractivity contribution is 7.90. The Kier molecular flexibility index (Phi) is 5.97. The lowest BCUT2D eigenvalue weighted by molar-refractivity contribution is 0.300. The third-order valence-electron chi connectivity index (χ3n) is 4.14. The Labute approximate surface area is 168 Å². The van der Waals surface area contributed by atoms with Gasteiger partial charge < -0.3 is 4.74 Å². The summed E-state index contributed by atoms with van der Waals surface area (Å²) in [5.41, 5.74) is 1.63. The number of aromatic nitrogens is 4. The molecule has 0 amide bonds. The first-order valence-electron chi connectivity index (χ1n) is 8.36. The molecular weight excluding hydrogens is 402 g/mol. The Morgan fingerprint density at radius 3 is 2.50 bits per heavy atom. The molecule has 10 heteroatoms. The van der Waals surface area contributed by atoms with Crippen molar-refractivity contribution in [3.8, 4) is 11.4 Å². The number of rotatable bonds is 7. The maximum atomic E-state index is 11.6. The molecule has 8 nitrogen and oxygen atoms in total. The van der Waals surface area contributed by atoms with Crippen LogP contribution < -0.4 is 4.74 Å². The molecule has 0 fully saturated rings. The third kappa shape index (κ3) is 4.67. The van der Waals surface area contributed by atoms with Crippen LogP contribution in [0.4, 0.5) is 0 Å². The predicted molar refractivity (Wildman–Crippen MR) is 105 cm³/mol. The minimum absolute atomic E-state index is 0.246. The fourth-order valence-electron chi connectivity index (χ4n) is 2.80. The van der Waals surface area contributed by atoms with Crippen LogP contribution >= 0.6 is 11.6 Å². The quantitative estimate of drug-likeness (QED) is 0.578. The van der Waals surface area contributed by atoms with Gasteiger partial charge in [0.25, 0.3) is 0 Å². The molecule has 0 aliphatic rings. The van der Waals surface area contributed by atoms with E-state index < -0.39 is 9.84 Å². The van der Waals surface area contributed by atoms with Gasteiger partial charge in [0.05, 0.1) is 24.2 Å². The highest BCUT2D eigenvalue weighted by Gasteiger charge is 2.14. The Morgan fingerprint density at radius 2 is 1.86 bits per heavy atom. The van der Waals surface area contributed by atoms with Gasteiger partial charge in [0, 0.05) is 23.4 Å². The zero-order chi connectivity index (χ0) is 20.3.